The summed E-state index contributed by atoms with van der Waals surface area (Å²) >= 11 is 0. The number of morpholine rings is 1. The number of fused-ring (bicyclic) bond motifs is 1. The van der Waals surface area contributed by atoms with Crippen molar-refractivity contribution in [3.63, 3.8) is 0 Å². The molecule has 2 unspecified atom stereocenters. The van der Waals surface area contributed by atoms with Crippen molar-refractivity contribution in [3.8, 4) is 0 Å². The van der Waals surface area contributed by atoms with Gasteiger partial charge in [0.1, 0.15) is 11.4 Å². The van der Waals surface area contributed by atoms with Gasteiger partial charge in [-0.2, -0.15) is 0 Å². The monoisotopic (exact) mass is 460 g/mol. The van der Waals surface area contributed by atoms with Crippen molar-refractivity contribution in [1.82, 2.24) is 4.90 Å². The molecule has 0 spiro atoms. The van der Waals surface area contributed by atoms with Crippen LogP contribution in [0.5, 0.6) is 0 Å². The van der Waals surface area contributed by atoms with E-state index in [4.69, 9.17) is 4.74 Å². The topological polar surface area (TPSA) is 66.9 Å². The standard InChI is InChI=1S/C28H32N2O4/c1-16(2)22-12-11-21(13-17(22)3)30(20(6)31)26-25(29-14-18(4)34-19(5)15-29)27(32)23-9-7-8-10-24(23)28(26)33/h7-13,16,18-19H,14-15H2,1-6H3. The highest BCUT2D eigenvalue weighted by molar-refractivity contribution is 6.29. The van der Waals surface area contributed by atoms with E-state index in [0.29, 0.717) is 35.8 Å². The van der Waals surface area contributed by atoms with Crippen molar-refractivity contribution in [2.45, 2.75) is 59.7 Å². The Morgan fingerprint density at radius 3 is 2.12 bits per heavy atom. The molecule has 0 saturated carbocycles. The van der Waals surface area contributed by atoms with Crippen LogP contribution < -0.4 is 4.90 Å². The SMILES string of the molecule is CC(=O)N(C1=C(N2CC(C)OC(C)C2)C(=O)c2ccccc2C1=O)c1ccc(C(C)C)c(C)c1. The summed E-state index contributed by atoms with van der Waals surface area (Å²) in [6.45, 7) is 12.5. The minimum atomic E-state index is -0.321. The molecule has 0 N–H and O–H groups in total. The van der Waals surface area contributed by atoms with Gasteiger partial charge in [0.25, 0.3) is 0 Å². The first kappa shape index (κ1) is 23.9. The summed E-state index contributed by atoms with van der Waals surface area (Å²) in [7, 11) is 0. The number of hydrogen-bond acceptors (Lipinski definition) is 5. The van der Waals surface area contributed by atoms with Gasteiger partial charge >= 0.3 is 0 Å². The molecule has 34 heavy (non-hydrogen) atoms. The lowest BCUT2D eigenvalue weighted by molar-refractivity contribution is -0.116. The van der Waals surface area contributed by atoms with Crippen LogP contribution in [0, 0.1) is 6.92 Å². The van der Waals surface area contributed by atoms with Gasteiger partial charge in [-0.05, 0) is 49.9 Å². The number of nitrogens with zero attached hydrogens (tertiary/aromatic N) is 2. The molecular weight excluding hydrogens is 428 g/mol. The maximum absolute atomic E-state index is 13.9. The average molecular weight is 461 g/mol. The minimum Gasteiger partial charge on any atom is -0.372 e. The summed E-state index contributed by atoms with van der Waals surface area (Å²) in [5.74, 6) is -0.555. The van der Waals surface area contributed by atoms with Gasteiger partial charge in [-0.25, -0.2) is 0 Å². The van der Waals surface area contributed by atoms with E-state index < -0.39 is 0 Å². The second kappa shape index (κ2) is 9.18. The van der Waals surface area contributed by atoms with Crippen LogP contribution in [0.4, 0.5) is 5.69 Å². The van der Waals surface area contributed by atoms with Crippen molar-refractivity contribution in [2.24, 2.45) is 0 Å². The second-order valence-corrected chi connectivity index (χ2v) is 9.61. The fraction of sp³-hybridized carbons (Fsp3) is 0.393. The van der Waals surface area contributed by atoms with Crippen LogP contribution in [-0.4, -0.2) is 47.7 Å². The Labute approximate surface area is 201 Å². The van der Waals surface area contributed by atoms with Crippen LogP contribution in [0.15, 0.2) is 53.9 Å². The molecule has 2 aliphatic rings. The zero-order valence-corrected chi connectivity index (χ0v) is 20.7. The molecule has 1 fully saturated rings. The quantitative estimate of drug-likeness (QED) is 0.651. The summed E-state index contributed by atoms with van der Waals surface area (Å²) in [6.07, 6.45) is -0.230. The molecule has 2 atom stereocenters. The number of amides is 1. The van der Waals surface area contributed by atoms with Gasteiger partial charge in [-0.15, -0.1) is 0 Å². The predicted molar refractivity (Wildman–Crippen MR) is 132 cm³/mol. The maximum atomic E-state index is 13.9. The first-order chi connectivity index (χ1) is 16.1. The number of carbonyl (C=O) groups is 3. The van der Waals surface area contributed by atoms with Gasteiger partial charge < -0.3 is 9.64 Å². The summed E-state index contributed by atoms with van der Waals surface area (Å²) in [4.78, 5) is 44.1. The van der Waals surface area contributed by atoms with E-state index in [1.165, 1.54) is 17.4 Å². The number of hydrogen-bond donors (Lipinski definition) is 0. The van der Waals surface area contributed by atoms with Gasteiger partial charge in [0, 0.05) is 36.8 Å². The Hall–Kier alpha value is -3.25. The van der Waals surface area contributed by atoms with E-state index in [9.17, 15) is 14.4 Å². The number of Topliss-reactive ketones (excluding diaryl/α,β-unsaturated/α-hetero) is 2. The third-order valence-corrected chi connectivity index (χ3v) is 6.48. The molecule has 1 saturated heterocycles. The maximum Gasteiger partial charge on any atom is 0.228 e. The Balaban J connectivity index is 1.95. The zero-order valence-electron chi connectivity index (χ0n) is 20.7. The predicted octanol–water partition coefficient (Wildman–Crippen LogP) is 4.87. The number of benzene rings is 2. The summed E-state index contributed by atoms with van der Waals surface area (Å²) < 4.78 is 5.88. The molecule has 2 aromatic carbocycles. The molecular formula is C28H32N2O4. The van der Waals surface area contributed by atoms with Crippen molar-refractivity contribution in [3.05, 3.63) is 76.1 Å². The highest BCUT2D eigenvalue weighted by Gasteiger charge is 2.41. The van der Waals surface area contributed by atoms with Gasteiger partial charge in [0.15, 0.2) is 0 Å². The first-order valence-electron chi connectivity index (χ1n) is 11.8. The van der Waals surface area contributed by atoms with Gasteiger partial charge in [0.05, 0.1) is 12.2 Å². The molecule has 1 aliphatic carbocycles. The smallest absolute Gasteiger partial charge is 0.228 e. The Bertz CT molecular complexity index is 1190. The first-order valence-corrected chi connectivity index (χ1v) is 11.8. The lowest BCUT2D eigenvalue weighted by Gasteiger charge is -2.40. The molecule has 178 valence electrons. The van der Waals surface area contributed by atoms with E-state index in [1.807, 2.05) is 43.9 Å². The summed E-state index contributed by atoms with van der Waals surface area (Å²) in [5.41, 5.74) is 3.87. The van der Waals surface area contributed by atoms with Gasteiger partial charge in [0.2, 0.25) is 17.5 Å². The third-order valence-electron chi connectivity index (χ3n) is 6.48. The molecule has 2 aromatic rings. The third kappa shape index (κ3) is 4.18. The number of aryl methyl sites for hydroxylation is 1. The van der Waals surface area contributed by atoms with Gasteiger partial charge in [-0.1, -0.05) is 44.2 Å². The van der Waals surface area contributed by atoms with E-state index >= 15 is 0 Å². The van der Waals surface area contributed by atoms with Crippen molar-refractivity contribution >= 4 is 23.2 Å². The van der Waals surface area contributed by atoms with E-state index in [1.54, 1.807) is 24.3 Å². The average Bonchev–Trinajstić information content (AvgIpc) is 2.76. The van der Waals surface area contributed by atoms with Crippen molar-refractivity contribution < 1.29 is 19.1 Å². The number of ether oxygens (including phenoxy) is 1. The zero-order chi connectivity index (χ0) is 24.7. The molecule has 6 nitrogen and oxygen atoms in total. The summed E-state index contributed by atoms with van der Waals surface area (Å²) in [5, 5.41) is 0. The number of carbonyl (C=O) groups excluding carboxylic acids is 3. The van der Waals surface area contributed by atoms with E-state index in [2.05, 4.69) is 13.8 Å². The Morgan fingerprint density at radius 2 is 1.59 bits per heavy atom. The van der Waals surface area contributed by atoms with Crippen LogP contribution in [0.3, 0.4) is 0 Å². The van der Waals surface area contributed by atoms with Crippen LogP contribution in [0.25, 0.3) is 0 Å². The van der Waals surface area contributed by atoms with Crippen molar-refractivity contribution in [2.75, 3.05) is 18.0 Å². The summed E-state index contributed by atoms with van der Waals surface area (Å²) in [6, 6.07) is 12.6. The number of rotatable bonds is 4. The highest BCUT2D eigenvalue weighted by atomic mass is 16.5. The fourth-order valence-electron chi connectivity index (χ4n) is 5.13. The highest BCUT2D eigenvalue weighted by Crippen LogP contribution is 2.35. The fourth-order valence-corrected chi connectivity index (χ4v) is 5.13. The van der Waals surface area contributed by atoms with Crippen LogP contribution >= 0.6 is 0 Å². The van der Waals surface area contributed by atoms with Crippen LogP contribution in [-0.2, 0) is 9.53 Å². The van der Waals surface area contributed by atoms with Crippen LogP contribution in [0.2, 0.25) is 0 Å². The number of anilines is 1. The van der Waals surface area contributed by atoms with Gasteiger partial charge in [-0.3, -0.25) is 19.3 Å². The molecule has 0 aromatic heterocycles. The largest absolute Gasteiger partial charge is 0.372 e. The molecule has 1 heterocycles. The van der Waals surface area contributed by atoms with E-state index in [-0.39, 0.29) is 41.1 Å². The molecule has 6 heteroatoms. The molecule has 1 amide bonds. The molecule has 1 aliphatic heterocycles. The normalized spacial score (nSPS) is 20.6. The molecule has 0 bridgehead atoms. The van der Waals surface area contributed by atoms with E-state index in [0.717, 1.165) is 5.56 Å². The lowest BCUT2D eigenvalue weighted by Crippen LogP contribution is -2.49. The molecule has 4 rings (SSSR count). The van der Waals surface area contributed by atoms with Crippen molar-refractivity contribution in [1.29, 1.82) is 0 Å². The number of allylic oxidation sites excluding steroid dienone is 2. The Morgan fingerprint density at radius 1 is 1.00 bits per heavy atom. The Kier molecular flexibility index (Phi) is 6.45. The second-order valence-electron chi connectivity index (χ2n) is 9.61. The minimum absolute atomic E-state index is 0.115. The molecule has 0 radical (unpaired) electrons. The van der Waals surface area contributed by atoms with Crippen LogP contribution in [0.1, 0.15) is 72.4 Å². The lowest BCUT2D eigenvalue weighted by atomic mass is 9.88. The number of ketones is 2.